The van der Waals surface area contributed by atoms with Gasteiger partial charge in [-0.05, 0) is 49.7 Å². The molecule has 142 valence electrons. The second-order valence-corrected chi connectivity index (χ2v) is 7.72. The van der Waals surface area contributed by atoms with Crippen molar-refractivity contribution >= 4 is 29.3 Å². The van der Waals surface area contributed by atoms with Crippen molar-refractivity contribution in [2.24, 2.45) is 0 Å². The Kier molecular flexibility index (Phi) is 6.06. The fourth-order valence-corrected chi connectivity index (χ4v) is 4.45. The molecule has 5 nitrogen and oxygen atoms in total. The van der Waals surface area contributed by atoms with E-state index in [-0.39, 0.29) is 17.2 Å². The van der Waals surface area contributed by atoms with Crippen LogP contribution >= 0.6 is 11.8 Å². The number of carbonyl (C=O) groups excluding carboxylic acids is 2. The topological polar surface area (TPSA) is 58.6 Å². The lowest BCUT2D eigenvalue weighted by atomic mass is 10.1. The van der Waals surface area contributed by atoms with Crippen molar-refractivity contribution in [3.05, 3.63) is 59.7 Å². The first-order chi connectivity index (χ1) is 13.0. The molecule has 2 aromatic rings. The van der Waals surface area contributed by atoms with E-state index in [1.807, 2.05) is 38.1 Å². The predicted molar refractivity (Wildman–Crippen MR) is 109 cm³/mol. The Labute approximate surface area is 164 Å². The van der Waals surface area contributed by atoms with Gasteiger partial charge in [-0.15, -0.1) is 11.8 Å². The van der Waals surface area contributed by atoms with Gasteiger partial charge in [-0.1, -0.05) is 24.6 Å². The summed E-state index contributed by atoms with van der Waals surface area (Å²) in [6.45, 7) is 4.03. The van der Waals surface area contributed by atoms with Crippen molar-refractivity contribution in [3.63, 3.8) is 0 Å². The van der Waals surface area contributed by atoms with Gasteiger partial charge in [-0.2, -0.15) is 0 Å². The molecular formula is C21H24N2O3S. The van der Waals surface area contributed by atoms with E-state index >= 15 is 0 Å². The number of anilines is 1. The second kappa shape index (κ2) is 8.48. The minimum atomic E-state index is -0.490. The molecule has 1 N–H and O–H groups in total. The third-order valence-electron chi connectivity index (χ3n) is 4.63. The highest BCUT2D eigenvalue weighted by Gasteiger charge is 2.41. The zero-order valence-corrected chi connectivity index (χ0v) is 16.6. The van der Waals surface area contributed by atoms with Crippen molar-refractivity contribution in [1.82, 2.24) is 4.90 Å². The zero-order chi connectivity index (χ0) is 19.4. The number of nitrogens with one attached hydrogen (secondary N) is 1. The molecule has 1 aliphatic rings. The van der Waals surface area contributed by atoms with Gasteiger partial charge in [0.25, 0.3) is 5.91 Å². The minimum absolute atomic E-state index is 0.00614. The van der Waals surface area contributed by atoms with E-state index in [4.69, 9.17) is 4.74 Å². The van der Waals surface area contributed by atoms with Gasteiger partial charge in [-0.25, -0.2) is 0 Å². The molecule has 6 heteroatoms. The fourth-order valence-electron chi connectivity index (χ4n) is 3.10. The number of carbonyl (C=O) groups is 2. The number of benzene rings is 2. The number of methoxy groups -OCH3 is 1. The summed E-state index contributed by atoms with van der Waals surface area (Å²) in [6.07, 6.45) is 0.793. The van der Waals surface area contributed by atoms with Crippen molar-refractivity contribution in [3.8, 4) is 5.75 Å². The summed E-state index contributed by atoms with van der Waals surface area (Å²) in [7, 11) is 1.59. The Bertz CT molecular complexity index is 805. The van der Waals surface area contributed by atoms with Gasteiger partial charge in [0.05, 0.1) is 12.5 Å². The highest BCUT2D eigenvalue weighted by Crippen LogP contribution is 2.33. The van der Waals surface area contributed by atoms with Gasteiger partial charge >= 0.3 is 0 Å². The molecule has 0 spiro atoms. The smallest absolute Gasteiger partial charge is 0.255 e. The van der Waals surface area contributed by atoms with Gasteiger partial charge in [0.15, 0.2) is 0 Å². The molecule has 3 rings (SSSR count). The average Bonchev–Trinajstić information content (AvgIpc) is 3.13. The number of rotatable bonds is 5. The molecule has 2 amide bonds. The summed E-state index contributed by atoms with van der Waals surface area (Å²) in [6, 6.07) is 14.2. The third-order valence-corrected chi connectivity index (χ3v) is 6.09. The lowest BCUT2D eigenvalue weighted by Crippen LogP contribution is -2.47. The molecule has 0 saturated carbocycles. The molecule has 0 aromatic heterocycles. The number of hydrogen-bond donors (Lipinski definition) is 1. The largest absolute Gasteiger partial charge is 0.497 e. The van der Waals surface area contributed by atoms with Crippen LogP contribution < -0.4 is 10.1 Å². The Morgan fingerprint density at radius 2 is 1.81 bits per heavy atom. The van der Waals surface area contributed by atoms with Crippen molar-refractivity contribution in [1.29, 1.82) is 0 Å². The van der Waals surface area contributed by atoms with Crippen LogP contribution in [0.1, 0.15) is 29.3 Å². The Morgan fingerprint density at radius 3 is 2.41 bits per heavy atom. The summed E-state index contributed by atoms with van der Waals surface area (Å²) >= 11 is 1.65. The van der Waals surface area contributed by atoms with Crippen LogP contribution in [0.5, 0.6) is 5.75 Å². The van der Waals surface area contributed by atoms with Crippen LogP contribution in [0, 0.1) is 6.92 Å². The Morgan fingerprint density at radius 1 is 1.15 bits per heavy atom. The molecule has 2 aromatic carbocycles. The van der Waals surface area contributed by atoms with E-state index in [2.05, 4.69) is 5.32 Å². The monoisotopic (exact) mass is 384 g/mol. The van der Waals surface area contributed by atoms with E-state index in [1.54, 1.807) is 48.0 Å². The quantitative estimate of drug-likeness (QED) is 0.848. The Balaban J connectivity index is 1.79. The molecule has 1 aliphatic heterocycles. The number of aryl methyl sites for hydroxylation is 1. The fraction of sp³-hybridized carbons (Fsp3) is 0.333. The summed E-state index contributed by atoms with van der Waals surface area (Å²) in [5.41, 5.74) is 2.43. The van der Waals surface area contributed by atoms with Crippen molar-refractivity contribution in [2.45, 2.75) is 31.7 Å². The maximum absolute atomic E-state index is 13.1. The molecule has 27 heavy (non-hydrogen) atoms. The highest BCUT2D eigenvalue weighted by atomic mass is 32.2. The van der Waals surface area contributed by atoms with E-state index in [1.165, 1.54) is 0 Å². The first kappa shape index (κ1) is 19.3. The average molecular weight is 385 g/mol. The second-order valence-electron chi connectivity index (χ2n) is 6.51. The van der Waals surface area contributed by atoms with Crippen molar-refractivity contribution in [2.75, 3.05) is 18.2 Å². The van der Waals surface area contributed by atoms with Crippen molar-refractivity contribution < 1.29 is 14.3 Å². The number of hydrogen-bond acceptors (Lipinski definition) is 4. The maximum atomic E-state index is 13.1. The Hall–Kier alpha value is -2.47. The lowest BCUT2D eigenvalue weighted by Gasteiger charge is -2.28. The predicted octanol–water partition coefficient (Wildman–Crippen LogP) is 3.94. The van der Waals surface area contributed by atoms with Gasteiger partial charge in [0.1, 0.15) is 11.8 Å². The lowest BCUT2D eigenvalue weighted by molar-refractivity contribution is -0.119. The highest BCUT2D eigenvalue weighted by molar-refractivity contribution is 8.00. The summed E-state index contributed by atoms with van der Waals surface area (Å²) in [5, 5.41) is 2.94. The van der Waals surface area contributed by atoms with Crippen LogP contribution in [0.2, 0.25) is 0 Å². The molecule has 1 fully saturated rings. The number of nitrogens with zero attached hydrogens (tertiary/aromatic N) is 1. The molecule has 2 atom stereocenters. The SMILES string of the molecule is CCC1SCC(C(=O)Nc2ccc(C)cc2)N1C(=O)c1ccc(OC)cc1. The van der Waals surface area contributed by atoms with E-state index in [0.29, 0.717) is 17.1 Å². The van der Waals surface area contributed by atoms with Gasteiger partial charge in [0.2, 0.25) is 5.91 Å². The van der Waals surface area contributed by atoms with Crippen LogP contribution in [0.15, 0.2) is 48.5 Å². The minimum Gasteiger partial charge on any atom is -0.497 e. The summed E-state index contributed by atoms with van der Waals surface area (Å²) in [4.78, 5) is 27.7. The molecule has 0 bridgehead atoms. The number of thioether (sulfide) groups is 1. The zero-order valence-electron chi connectivity index (χ0n) is 15.8. The molecule has 1 heterocycles. The molecule has 1 saturated heterocycles. The van der Waals surface area contributed by atoms with Crippen LogP contribution in [-0.4, -0.2) is 41.0 Å². The van der Waals surface area contributed by atoms with Crippen LogP contribution in [0.4, 0.5) is 5.69 Å². The first-order valence-electron chi connectivity index (χ1n) is 8.99. The normalized spacial score (nSPS) is 19.0. The maximum Gasteiger partial charge on any atom is 0.255 e. The van der Waals surface area contributed by atoms with E-state index < -0.39 is 6.04 Å². The standard InChI is InChI=1S/C21H24N2O3S/c1-4-19-23(21(25)15-7-11-17(26-3)12-8-15)18(13-27-19)20(24)22-16-9-5-14(2)6-10-16/h5-12,18-19H,4,13H2,1-3H3,(H,22,24). The third kappa shape index (κ3) is 4.27. The molecular weight excluding hydrogens is 360 g/mol. The number of amides is 2. The van der Waals surface area contributed by atoms with Crippen LogP contribution in [-0.2, 0) is 4.79 Å². The summed E-state index contributed by atoms with van der Waals surface area (Å²) in [5.74, 6) is 1.02. The molecule has 2 unspecified atom stereocenters. The molecule has 0 radical (unpaired) electrons. The van der Waals surface area contributed by atoms with Gasteiger partial charge in [0, 0.05) is 17.0 Å². The van der Waals surface area contributed by atoms with E-state index in [9.17, 15) is 9.59 Å². The summed E-state index contributed by atoms with van der Waals surface area (Å²) < 4.78 is 5.16. The van der Waals surface area contributed by atoms with Crippen LogP contribution in [0.25, 0.3) is 0 Å². The van der Waals surface area contributed by atoms with Crippen LogP contribution in [0.3, 0.4) is 0 Å². The first-order valence-corrected chi connectivity index (χ1v) is 10.0. The number of ether oxygens (including phenoxy) is 1. The van der Waals surface area contributed by atoms with Gasteiger partial charge in [-0.3, -0.25) is 9.59 Å². The van der Waals surface area contributed by atoms with E-state index in [0.717, 1.165) is 17.7 Å². The molecule has 0 aliphatic carbocycles. The van der Waals surface area contributed by atoms with Gasteiger partial charge < -0.3 is 15.0 Å².